The van der Waals surface area contributed by atoms with Crippen molar-refractivity contribution in [1.82, 2.24) is 9.88 Å². The Hall–Kier alpha value is -2.92. The second kappa shape index (κ2) is 9.14. The highest BCUT2D eigenvalue weighted by Crippen LogP contribution is 2.23. The van der Waals surface area contributed by atoms with Crippen LogP contribution in [-0.2, 0) is 13.1 Å². The molecule has 0 saturated carbocycles. The molecule has 3 aromatic rings. The number of amides is 2. The molecule has 1 heterocycles. The fraction of sp³-hybridized carbons (Fsp3) is 0.190. The van der Waals surface area contributed by atoms with E-state index < -0.39 is 0 Å². The maximum absolute atomic E-state index is 12.3. The van der Waals surface area contributed by atoms with Crippen LogP contribution in [-0.4, -0.2) is 17.2 Å². The number of hydrogen-bond donors (Lipinski definition) is 2. The number of halogens is 1. The van der Waals surface area contributed by atoms with E-state index in [-0.39, 0.29) is 6.03 Å². The molecule has 0 aliphatic heterocycles. The van der Waals surface area contributed by atoms with Crippen LogP contribution in [0.5, 0.6) is 5.75 Å². The van der Waals surface area contributed by atoms with Gasteiger partial charge in [-0.05, 0) is 48.9 Å². The smallest absolute Gasteiger partial charge is 0.319 e. The summed E-state index contributed by atoms with van der Waals surface area (Å²) in [5.41, 5.74) is 2.80. The lowest BCUT2D eigenvalue weighted by Crippen LogP contribution is -2.29. The molecular formula is C21H22ClN3O2. The van der Waals surface area contributed by atoms with E-state index in [9.17, 15) is 4.79 Å². The lowest BCUT2D eigenvalue weighted by atomic mass is 10.2. The molecule has 0 radical (unpaired) electrons. The molecule has 6 heteroatoms. The number of nitrogens with one attached hydrogen (secondary N) is 2. The van der Waals surface area contributed by atoms with Gasteiger partial charge in [-0.3, -0.25) is 0 Å². The number of anilines is 1. The molecule has 1 aromatic heterocycles. The predicted molar refractivity (Wildman–Crippen MR) is 108 cm³/mol. The normalized spacial score (nSPS) is 10.4. The van der Waals surface area contributed by atoms with Crippen molar-refractivity contribution in [3.8, 4) is 5.75 Å². The molecule has 0 aliphatic rings. The standard InChI is InChI=1S/C21H22ClN3O2/c1-2-27-20-8-4-3-7-19(20)24-21(26)23-14-18-6-5-13-25(18)15-16-9-11-17(22)12-10-16/h3-13H,2,14-15H2,1H3,(H2,23,24,26). The molecule has 0 atom stereocenters. The Morgan fingerprint density at radius 1 is 1.07 bits per heavy atom. The van der Waals surface area contributed by atoms with Crippen LogP contribution in [0.15, 0.2) is 66.9 Å². The summed E-state index contributed by atoms with van der Waals surface area (Å²) < 4.78 is 7.62. The number of urea groups is 1. The van der Waals surface area contributed by atoms with Crippen molar-refractivity contribution in [2.75, 3.05) is 11.9 Å². The number of nitrogens with zero attached hydrogens (tertiary/aromatic N) is 1. The average molecular weight is 384 g/mol. The molecule has 0 saturated heterocycles. The van der Waals surface area contributed by atoms with Crippen molar-refractivity contribution in [3.05, 3.63) is 83.1 Å². The number of hydrogen-bond acceptors (Lipinski definition) is 2. The molecule has 0 unspecified atom stereocenters. The zero-order chi connectivity index (χ0) is 19.1. The van der Waals surface area contributed by atoms with E-state index in [2.05, 4.69) is 15.2 Å². The minimum Gasteiger partial charge on any atom is -0.492 e. The van der Waals surface area contributed by atoms with Crippen LogP contribution in [0.2, 0.25) is 5.02 Å². The van der Waals surface area contributed by atoms with Gasteiger partial charge in [-0.2, -0.15) is 0 Å². The van der Waals surface area contributed by atoms with E-state index in [1.807, 2.05) is 73.8 Å². The summed E-state index contributed by atoms with van der Waals surface area (Å²) in [5.74, 6) is 0.654. The van der Waals surface area contributed by atoms with Crippen LogP contribution >= 0.6 is 11.6 Å². The Labute approximate surface area is 163 Å². The molecule has 2 amide bonds. The minimum atomic E-state index is -0.276. The van der Waals surface area contributed by atoms with Gasteiger partial charge in [0.1, 0.15) is 5.75 Å². The fourth-order valence-electron chi connectivity index (χ4n) is 2.74. The first-order valence-corrected chi connectivity index (χ1v) is 9.18. The second-order valence-electron chi connectivity index (χ2n) is 5.99. The number of aromatic nitrogens is 1. The lowest BCUT2D eigenvalue weighted by molar-refractivity contribution is 0.251. The SMILES string of the molecule is CCOc1ccccc1NC(=O)NCc1cccn1Cc1ccc(Cl)cc1. The van der Waals surface area contributed by atoms with E-state index in [0.29, 0.717) is 24.6 Å². The van der Waals surface area contributed by atoms with Crippen molar-refractivity contribution in [2.45, 2.75) is 20.0 Å². The largest absolute Gasteiger partial charge is 0.492 e. The summed E-state index contributed by atoms with van der Waals surface area (Å²) in [6, 6.07) is 18.8. The maximum atomic E-state index is 12.3. The van der Waals surface area contributed by atoms with Crippen molar-refractivity contribution < 1.29 is 9.53 Å². The Morgan fingerprint density at radius 2 is 1.85 bits per heavy atom. The zero-order valence-corrected chi connectivity index (χ0v) is 15.9. The Balaban J connectivity index is 1.58. The van der Waals surface area contributed by atoms with E-state index >= 15 is 0 Å². The Kier molecular flexibility index (Phi) is 6.39. The van der Waals surface area contributed by atoms with E-state index in [0.717, 1.165) is 22.8 Å². The number of rotatable bonds is 7. The first-order valence-electron chi connectivity index (χ1n) is 8.81. The molecule has 3 rings (SSSR count). The van der Waals surface area contributed by atoms with Crippen LogP contribution in [0.1, 0.15) is 18.2 Å². The topological polar surface area (TPSA) is 55.3 Å². The highest BCUT2D eigenvalue weighted by molar-refractivity contribution is 6.30. The second-order valence-corrected chi connectivity index (χ2v) is 6.43. The third kappa shape index (κ3) is 5.28. The number of carbonyl (C=O) groups excluding carboxylic acids is 1. The number of para-hydroxylation sites is 2. The highest BCUT2D eigenvalue weighted by atomic mass is 35.5. The molecule has 5 nitrogen and oxygen atoms in total. The molecule has 140 valence electrons. The minimum absolute atomic E-state index is 0.276. The Bertz CT molecular complexity index is 890. The van der Waals surface area contributed by atoms with E-state index in [1.165, 1.54) is 0 Å². The van der Waals surface area contributed by atoms with Gasteiger partial charge in [0, 0.05) is 23.5 Å². The van der Waals surface area contributed by atoms with Crippen molar-refractivity contribution >= 4 is 23.3 Å². The molecule has 0 aliphatic carbocycles. The summed E-state index contributed by atoms with van der Waals surface area (Å²) in [5, 5.41) is 6.44. The van der Waals surface area contributed by atoms with Crippen LogP contribution in [0.25, 0.3) is 0 Å². The van der Waals surface area contributed by atoms with Crippen molar-refractivity contribution in [2.24, 2.45) is 0 Å². The Morgan fingerprint density at radius 3 is 2.63 bits per heavy atom. The van der Waals surface area contributed by atoms with Crippen LogP contribution in [0, 0.1) is 0 Å². The van der Waals surface area contributed by atoms with Crippen LogP contribution in [0.4, 0.5) is 10.5 Å². The van der Waals surface area contributed by atoms with Gasteiger partial charge in [-0.1, -0.05) is 35.9 Å². The average Bonchev–Trinajstić information content (AvgIpc) is 3.11. The molecule has 0 fully saturated rings. The van der Waals surface area contributed by atoms with Gasteiger partial charge in [0.25, 0.3) is 0 Å². The van der Waals surface area contributed by atoms with Gasteiger partial charge in [0.2, 0.25) is 0 Å². The van der Waals surface area contributed by atoms with Gasteiger partial charge >= 0.3 is 6.03 Å². The molecule has 2 aromatic carbocycles. The molecule has 2 N–H and O–H groups in total. The zero-order valence-electron chi connectivity index (χ0n) is 15.1. The lowest BCUT2D eigenvalue weighted by Gasteiger charge is -2.13. The van der Waals surface area contributed by atoms with Crippen LogP contribution < -0.4 is 15.4 Å². The van der Waals surface area contributed by atoms with Crippen LogP contribution in [0.3, 0.4) is 0 Å². The third-order valence-electron chi connectivity index (χ3n) is 4.05. The summed E-state index contributed by atoms with van der Waals surface area (Å²) in [4.78, 5) is 12.3. The molecule has 0 spiro atoms. The van der Waals surface area contributed by atoms with Crippen molar-refractivity contribution in [3.63, 3.8) is 0 Å². The number of carbonyl (C=O) groups is 1. The van der Waals surface area contributed by atoms with Gasteiger partial charge in [0.05, 0.1) is 18.8 Å². The van der Waals surface area contributed by atoms with Crippen molar-refractivity contribution in [1.29, 1.82) is 0 Å². The van der Waals surface area contributed by atoms with Gasteiger partial charge in [-0.25, -0.2) is 4.79 Å². The quantitative estimate of drug-likeness (QED) is 0.609. The first kappa shape index (κ1) is 18.9. The molecule has 0 bridgehead atoms. The van der Waals surface area contributed by atoms with Gasteiger partial charge in [0.15, 0.2) is 0 Å². The number of ether oxygens (including phenoxy) is 1. The summed E-state index contributed by atoms with van der Waals surface area (Å²) in [7, 11) is 0. The monoisotopic (exact) mass is 383 g/mol. The highest BCUT2D eigenvalue weighted by Gasteiger charge is 2.08. The van der Waals surface area contributed by atoms with E-state index in [4.69, 9.17) is 16.3 Å². The van der Waals surface area contributed by atoms with Gasteiger partial charge < -0.3 is 19.9 Å². The summed E-state index contributed by atoms with van der Waals surface area (Å²) >= 11 is 5.94. The van der Waals surface area contributed by atoms with Gasteiger partial charge in [-0.15, -0.1) is 0 Å². The van der Waals surface area contributed by atoms with E-state index in [1.54, 1.807) is 0 Å². The number of benzene rings is 2. The third-order valence-corrected chi connectivity index (χ3v) is 4.31. The first-order chi connectivity index (χ1) is 13.2. The summed E-state index contributed by atoms with van der Waals surface area (Å²) in [6.07, 6.45) is 1.99. The molecule has 27 heavy (non-hydrogen) atoms. The molecular weight excluding hydrogens is 362 g/mol. The summed E-state index contributed by atoms with van der Waals surface area (Å²) in [6.45, 7) is 3.59. The fourth-order valence-corrected chi connectivity index (χ4v) is 2.87. The predicted octanol–water partition coefficient (Wildman–Crippen LogP) is 4.91. The maximum Gasteiger partial charge on any atom is 0.319 e.